The van der Waals surface area contributed by atoms with Crippen molar-refractivity contribution in [1.82, 2.24) is 0 Å². The molecule has 4 nitrogen and oxygen atoms in total. The number of β-amino-alcohol motifs (C(OH)–C–C–N with tert-alkyl or cyclic N) is 1. The number of carbonyl (C=O) groups is 1. The lowest BCUT2D eigenvalue weighted by atomic mass is 10.0. The number of carbonyl (C=O) groups excluding carboxylic acids is 1. The number of aliphatic hydroxyl groups excluding tert-OH is 1. The van der Waals surface area contributed by atoms with Gasteiger partial charge in [-0.3, -0.25) is 4.79 Å². The van der Waals surface area contributed by atoms with Gasteiger partial charge in [-0.05, 0) is 42.3 Å². The number of nitrogens with zero attached hydrogens (tertiary/aromatic N) is 1. The van der Waals surface area contributed by atoms with Crippen molar-refractivity contribution in [3.8, 4) is 16.9 Å². The number of fused-ring (bicyclic) bond motifs is 1. The summed E-state index contributed by atoms with van der Waals surface area (Å²) in [6.45, 7) is 1.74. The fourth-order valence-corrected chi connectivity index (χ4v) is 2.59. The second-order valence-electron chi connectivity index (χ2n) is 5.17. The highest BCUT2D eigenvalue weighted by molar-refractivity contribution is 6.00. The predicted octanol–water partition coefficient (Wildman–Crippen LogP) is 2.60. The number of anilines is 1. The van der Waals surface area contributed by atoms with Crippen molar-refractivity contribution in [2.75, 3.05) is 18.1 Å². The molecule has 0 bridgehead atoms. The van der Waals surface area contributed by atoms with E-state index in [0.717, 1.165) is 11.1 Å². The van der Waals surface area contributed by atoms with Crippen LogP contribution in [0.5, 0.6) is 5.75 Å². The van der Waals surface area contributed by atoms with Gasteiger partial charge in [0.05, 0.1) is 12.3 Å². The summed E-state index contributed by atoms with van der Waals surface area (Å²) in [6, 6.07) is 11.6. The molecule has 1 aliphatic rings. The largest absolute Gasteiger partial charge is 0.479 e. The van der Waals surface area contributed by atoms with Gasteiger partial charge in [0.25, 0.3) is 5.91 Å². The molecule has 3 rings (SSSR count). The number of rotatable bonds is 3. The smallest absolute Gasteiger partial charge is 0.267 e. The van der Waals surface area contributed by atoms with Gasteiger partial charge in [-0.1, -0.05) is 18.2 Å². The van der Waals surface area contributed by atoms with Crippen LogP contribution in [0.1, 0.15) is 6.92 Å². The van der Waals surface area contributed by atoms with Gasteiger partial charge in [-0.25, -0.2) is 4.39 Å². The van der Waals surface area contributed by atoms with Gasteiger partial charge in [-0.15, -0.1) is 0 Å². The molecule has 114 valence electrons. The molecule has 22 heavy (non-hydrogen) atoms. The zero-order chi connectivity index (χ0) is 15.7. The van der Waals surface area contributed by atoms with E-state index in [4.69, 9.17) is 4.74 Å². The second kappa shape index (κ2) is 5.77. The molecule has 0 saturated carbocycles. The highest BCUT2D eigenvalue weighted by Gasteiger charge is 2.31. The molecule has 0 aromatic heterocycles. The topological polar surface area (TPSA) is 49.8 Å². The van der Waals surface area contributed by atoms with Crippen molar-refractivity contribution in [2.24, 2.45) is 0 Å². The van der Waals surface area contributed by atoms with Crippen LogP contribution in [0, 0.1) is 5.82 Å². The molecule has 1 atom stereocenters. The Morgan fingerprint density at radius 2 is 2.00 bits per heavy atom. The summed E-state index contributed by atoms with van der Waals surface area (Å²) in [5, 5.41) is 9.19. The maximum absolute atomic E-state index is 13.4. The summed E-state index contributed by atoms with van der Waals surface area (Å²) < 4.78 is 19.0. The number of aliphatic hydroxyl groups is 1. The lowest BCUT2D eigenvalue weighted by Gasteiger charge is -2.33. The number of amides is 1. The first-order valence-electron chi connectivity index (χ1n) is 7.09. The third-order valence-corrected chi connectivity index (χ3v) is 3.65. The van der Waals surface area contributed by atoms with Gasteiger partial charge < -0.3 is 14.7 Å². The predicted molar refractivity (Wildman–Crippen MR) is 81.4 cm³/mol. The number of halogens is 1. The minimum atomic E-state index is -0.584. The standard InChI is InChI=1S/C17H16FNO3/c1-11-17(21)19(7-8-20)15-10-13(5-6-16(15)22-11)12-3-2-4-14(18)9-12/h2-6,9-11,20H,7-8H2,1H3. The maximum Gasteiger partial charge on any atom is 0.267 e. The number of hydrogen-bond acceptors (Lipinski definition) is 3. The van der Waals surface area contributed by atoms with E-state index >= 15 is 0 Å². The van der Waals surface area contributed by atoms with E-state index in [0.29, 0.717) is 11.4 Å². The Balaban J connectivity index is 2.06. The molecular formula is C17H16FNO3. The average molecular weight is 301 g/mol. The van der Waals surface area contributed by atoms with Gasteiger partial charge in [0.15, 0.2) is 6.10 Å². The van der Waals surface area contributed by atoms with Crippen LogP contribution in [0.3, 0.4) is 0 Å². The second-order valence-corrected chi connectivity index (χ2v) is 5.17. The van der Waals surface area contributed by atoms with E-state index in [1.807, 2.05) is 6.07 Å². The Kier molecular flexibility index (Phi) is 3.81. The molecule has 1 N–H and O–H groups in total. The molecular weight excluding hydrogens is 285 g/mol. The monoisotopic (exact) mass is 301 g/mol. The number of ether oxygens (including phenoxy) is 1. The van der Waals surface area contributed by atoms with Crippen LogP contribution >= 0.6 is 0 Å². The van der Waals surface area contributed by atoms with E-state index in [1.54, 1.807) is 31.2 Å². The normalized spacial score (nSPS) is 17.1. The lowest BCUT2D eigenvalue weighted by Crippen LogP contribution is -2.45. The Morgan fingerprint density at radius 1 is 1.23 bits per heavy atom. The molecule has 0 saturated heterocycles. The van der Waals surface area contributed by atoms with Crippen molar-refractivity contribution >= 4 is 11.6 Å². The van der Waals surface area contributed by atoms with Crippen LogP contribution in [-0.4, -0.2) is 30.3 Å². The molecule has 0 radical (unpaired) electrons. The van der Waals surface area contributed by atoms with E-state index in [9.17, 15) is 14.3 Å². The molecule has 2 aromatic carbocycles. The fraction of sp³-hybridized carbons (Fsp3) is 0.235. The summed E-state index contributed by atoms with van der Waals surface area (Å²) in [7, 11) is 0. The Bertz CT molecular complexity index is 717. The fourth-order valence-electron chi connectivity index (χ4n) is 2.59. The van der Waals surface area contributed by atoms with E-state index in [2.05, 4.69) is 0 Å². The first-order valence-corrected chi connectivity index (χ1v) is 7.09. The molecule has 1 unspecified atom stereocenters. The maximum atomic E-state index is 13.4. The van der Waals surface area contributed by atoms with Crippen molar-refractivity contribution < 1.29 is 19.0 Å². The van der Waals surface area contributed by atoms with E-state index < -0.39 is 6.10 Å². The average Bonchev–Trinajstić information content (AvgIpc) is 2.51. The Labute approximate surface area is 127 Å². The summed E-state index contributed by atoms with van der Waals surface area (Å²) in [6.07, 6.45) is -0.584. The lowest BCUT2D eigenvalue weighted by molar-refractivity contribution is -0.125. The van der Waals surface area contributed by atoms with Crippen molar-refractivity contribution in [3.63, 3.8) is 0 Å². The quantitative estimate of drug-likeness (QED) is 0.948. The molecule has 1 aliphatic heterocycles. The van der Waals surface area contributed by atoms with Crippen molar-refractivity contribution in [1.29, 1.82) is 0 Å². The molecule has 0 fully saturated rings. The molecule has 1 amide bonds. The van der Waals surface area contributed by atoms with Crippen LogP contribution in [0.4, 0.5) is 10.1 Å². The van der Waals surface area contributed by atoms with Crippen LogP contribution in [0.2, 0.25) is 0 Å². The summed E-state index contributed by atoms with van der Waals surface area (Å²) >= 11 is 0. The van der Waals surface area contributed by atoms with Crippen molar-refractivity contribution in [3.05, 3.63) is 48.3 Å². The Morgan fingerprint density at radius 3 is 2.73 bits per heavy atom. The molecule has 1 heterocycles. The zero-order valence-electron chi connectivity index (χ0n) is 12.1. The minimum Gasteiger partial charge on any atom is -0.479 e. The molecule has 2 aromatic rings. The summed E-state index contributed by atoms with van der Waals surface area (Å²) in [4.78, 5) is 13.7. The number of benzene rings is 2. The molecule has 5 heteroatoms. The zero-order valence-corrected chi connectivity index (χ0v) is 12.1. The third-order valence-electron chi connectivity index (χ3n) is 3.65. The van der Waals surface area contributed by atoms with Crippen LogP contribution in [0.25, 0.3) is 11.1 Å². The van der Waals surface area contributed by atoms with Gasteiger partial charge in [0, 0.05) is 6.54 Å². The van der Waals surface area contributed by atoms with E-state index in [1.165, 1.54) is 17.0 Å². The molecule has 0 aliphatic carbocycles. The number of hydrogen-bond donors (Lipinski definition) is 1. The minimum absolute atomic E-state index is 0.137. The van der Waals surface area contributed by atoms with Crippen LogP contribution in [-0.2, 0) is 4.79 Å². The SMILES string of the molecule is CC1Oc2ccc(-c3cccc(F)c3)cc2N(CCO)C1=O. The highest BCUT2D eigenvalue weighted by atomic mass is 19.1. The third kappa shape index (κ3) is 2.55. The van der Waals surface area contributed by atoms with Crippen LogP contribution < -0.4 is 9.64 Å². The van der Waals surface area contributed by atoms with E-state index in [-0.39, 0.29) is 24.9 Å². The van der Waals surface area contributed by atoms with Gasteiger partial charge in [0.1, 0.15) is 11.6 Å². The first kappa shape index (κ1) is 14.5. The Hall–Kier alpha value is -2.40. The van der Waals surface area contributed by atoms with Crippen LogP contribution in [0.15, 0.2) is 42.5 Å². The highest BCUT2D eigenvalue weighted by Crippen LogP contribution is 2.37. The van der Waals surface area contributed by atoms with Crippen molar-refractivity contribution in [2.45, 2.75) is 13.0 Å². The van der Waals surface area contributed by atoms with Gasteiger partial charge in [0.2, 0.25) is 0 Å². The summed E-state index contributed by atoms with van der Waals surface area (Å²) in [5.74, 6) is 0.0713. The van der Waals surface area contributed by atoms with Gasteiger partial charge >= 0.3 is 0 Å². The molecule has 0 spiro atoms. The first-order chi connectivity index (χ1) is 10.6. The summed E-state index contributed by atoms with van der Waals surface area (Å²) in [5.41, 5.74) is 2.10. The van der Waals surface area contributed by atoms with Gasteiger partial charge in [-0.2, -0.15) is 0 Å².